The van der Waals surface area contributed by atoms with Gasteiger partial charge in [-0.3, -0.25) is 0 Å². The first-order valence-corrected chi connectivity index (χ1v) is 6.36. The molecule has 2 nitrogen and oxygen atoms in total. The second-order valence-corrected chi connectivity index (χ2v) is 4.97. The largest absolute Gasteiger partial charge is 0.488 e. The molecule has 1 heterocycles. The summed E-state index contributed by atoms with van der Waals surface area (Å²) >= 11 is 5.96. The van der Waals surface area contributed by atoms with E-state index in [2.05, 4.69) is 18.8 Å². The van der Waals surface area contributed by atoms with Crippen LogP contribution in [0.3, 0.4) is 0 Å². The molecule has 2 rings (SSSR count). The minimum absolute atomic E-state index is 0.218. The van der Waals surface area contributed by atoms with Crippen molar-refractivity contribution in [2.45, 2.75) is 31.9 Å². The van der Waals surface area contributed by atoms with Gasteiger partial charge < -0.3 is 10.1 Å². The zero-order valence-electron chi connectivity index (χ0n) is 10.1. The van der Waals surface area contributed by atoms with Crippen LogP contribution in [-0.4, -0.2) is 18.7 Å². The highest BCUT2D eigenvalue weighted by molar-refractivity contribution is 6.30. The van der Waals surface area contributed by atoms with Crippen LogP contribution < -0.4 is 10.1 Å². The predicted octanol–water partition coefficient (Wildman–Crippen LogP) is 3.20. The SMILES string of the molecule is C=CCC(C)NCC1Cc2cc(Cl)ccc2O1. The van der Waals surface area contributed by atoms with Crippen LogP contribution >= 0.6 is 11.6 Å². The van der Waals surface area contributed by atoms with Crippen LogP contribution in [0.1, 0.15) is 18.9 Å². The molecule has 0 saturated carbocycles. The average molecular weight is 252 g/mol. The molecule has 0 spiro atoms. The van der Waals surface area contributed by atoms with E-state index in [9.17, 15) is 0 Å². The van der Waals surface area contributed by atoms with E-state index in [1.807, 2.05) is 24.3 Å². The van der Waals surface area contributed by atoms with Crippen molar-refractivity contribution in [2.24, 2.45) is 0 Å². The number of hydrogen-bond acceptors (Lipinski definition) is 2. The molecule has 2 unspecified atom stereocenters. The van der Waals surface area contributed by atoms with Gasteiger partial charge in [0.2, 0.25) is 0 Å². The molecule has 0 radical (unpaired) electrons. The molecule has 0 amide bonds. The molecule has 1 aliphatic rings. The van der Waals surface area contributed by atoms with Crippen LogP contribution in [0, 0.1) is 0 Å². The van der Waals surface area contributed by atoms with Crippen molar-refractivity contribution in [1.82, 2.24) is 5.32 Å². The highest BCUT2D eigenvalue weighted by Gasteiger charge is 2.22. The van der Waals surface area contributed by atoms with Crippen LogP contribution in [-0.2, 0) is 6.42 Å². The zero-order chi connectivity index (χ0) is 12.3. The van der Waals surface area contributed by atoms with Gasteiger partial charge in [-0.15, -0.1) is 6.58 Å². The number of fused-ring (bicyclic) bond motifs is 1. The maximum absolute atomic E-state index is 5.96. The van der Waals surface area contributed by atoms with Crippen LogP contribution in [0.4, 0.5) is 0 Å². The standard InChI is InChI=1S/C14H18ClNO/c1-3-4-10(2)16-9-13-8-11-7-12(15)5-6-14(11)17-13/h3,5-7,10,13,16H,1,4,8-9H2,2H3. The van der Waals surface area contributed by atoms with E-state index >= 15 is 0 Å². The summed E-state index contributed by atoms with van der Waals surface area (Å²) in [6.45, 7) is 6.75. The van der Waals surface area contributed by atoms with Gasteiger partial charge in [-0.2, -0.15) is 0 Å². The maximum atomic E-state index is 5.96. The summed E-state index contributed by atoms with van der Waals surface area (Å²) in [4.78, 5) is 0. The van der Waals surface area contributed by atoms with Crippen molar-refractivity contribution in [2.75, 3.05) is 6.54 Å². The highest BCUT2D eigenvalue weighted by Crippen LogP contribution is 2.30. The topological polar surface area (TPSA) is 21.3 Å². The summed E-state index contributed by atoms with van der Waals surface area (Å²) < 4.78 is 5.84. The molecule has 1 aliphatic heterocycles. The third-order valence-corrected chi connectivity index (χ3v) is 3.21. The molecular formula is C14H18ClNO. The fourth-order valence-electron chi connectivity index (χ4n) is 2.07. The van der Waals surface area contributed by atoms with E-state index in [4.69, 9.17) is 16.3 Å². The van der Waals surface area contributed by atoms with Gasteiger partial charge in [-0.05, 0) is 37.1 Å². The Balaban J connectivity index is 1.86. The second-order valence-electron chi connectivity index (χ2n) is 4.53. The minimum atomic E-state index is 0.218. The molecule has 1 aromatic rings. The molecule has 17 heavy (non-hydrogen) atoms. The average Bonchev–Trinajstić information content (AvgIpc) is 2.68. The Bertz CT molecular complexity index is 405. The third kappa shape index (κ3) is 3.24. The smallest absolute Gasteiger partial charge is 0.123 e. The van der Waals surface area contributed by atoms with Crippen molar-refractivity contribution in [3.05, 3.63) is 41.4 Å². The summed E-state index contributed by atoms with van der Waals surface area (Å²) in [5.41, 5.74) is 1.21. The molecule has 1 N–H and O–H groups in total. The van der Waals surface area contributed by atoms with Gasteiger partial charge >= 0.3 is 0 Å². The maximum Gasteiger partial charge on any atom is 0.123 e. The molecule has 0 fully saturated rings. The molecule has 0 aromatic heterocycles. The first-order chi connectivity index (χ1) is 8.19. The Kier molecular flexibility index (Phi) is 4.08. The Morgan fingerprint density at radius 3 is 3.24 bits per heavy atom. The van der Waals surface area contributed by atoms with Gasteiger partial charge in [0.25, 0.3) is 0 Å². The molecule has 3 heteroatoms. The molecule has 0 saturated heterocycles. The Hall–Kier alpha value is -0.990. The third-order valence-electron chi connectivity index (χ3n) is 2.98. The summed E-state index contributed by atoms with van der Waals surface area (Å²) in [6, 6.07) is 6.26. The number of hydrogen-bond donors (Lipinski definition) is 1. The molecule has 92 valence electrons. The summed E-state index contributed by atoms with van der Waals surface area (Å²) in [5.74, 6) is 0.970. The van der Waals surface area contributed by atoms with Crippen LogP contribution in [0.5, 0.6) is 5.75 Å². The number of ether oxygens (including phenoxy) is 1. The second kappa shape index (κ2) is 5.56. The normalized spacial score (nSPS) is 19.5. The van der Waals surface area contributed by atoms with E-state index in [1.54, 1.807) is 0 Å². The van der Waals surface area contributed by atoms with E-state index in [0.717, 1.165) is 30.2 Å². The molecule has 0 aliphatic carbocycles. The van der Waals surface area contributed by atoms with E-state index in [-0.39, 0.29) is 6.10 Å². The first kappa shape index (κ1) is 12.5. The monoisotopic (exact) mass is 251 g/mol. The quantitative estimate of drug-likeness (QED) is 0.812. The molecule has 1 aromatic carbocycles. The van der Waals surface area contributed by atoms with Crippen molar-refractivity contribution in [3.8, 4) is 5.75 Å². The van der Waals surface area contributed by atoms with E-state index in [1.165, 1.54) is 5.56 Å². The summed E-state index contributed by atoms with van der Waals surface area (Å²) in [5, 5.41) is 4.22. The van der Waals surface area contributed by atoms with E-state index < -0.39 is 0 Å². The number of rotatable bonds is 5. The van der Waals surface area contributed by atoms with Gasteiger partial charge in [-0.25, -0.2) is 0 Å². The van der Waals surface area contributed by atoms with Gasteiger partial charge in [0.1, 0.15) is 11.9 Å². The van der Waals surface area contributed by atoms with E-state index in [0.29, 0.717) is 6.04 Å². The van der Waals surface area contributed by atoms with Crippen molar-refractivity contribution < 1.29 is 4.74 Å². The lowest BCUT2D eigenvalue weighted by Gasteiger charge is -2.15. The minimum Gasteiger partial charge on any atom is -0.488 e. The van der Waals surface area contributed by atoms with Gasteiger partial charge in [0.15, 0.2) is 0 Å². The number of nitrogens with one attached hydrogen (secondary N) is 1. The summed E-state index contributed by atoms with van der Waals surface area (Å²) in [6.07, 6.45) is 4.06. The van der Waals surface area contributed by atoms with Crippen LogP contribution in [0.15, 0.2) is 30.9 Å². The Morgan fingerprint density at radius 1 is 1.65 bits per heavy atom. The lowest BCUT2D eigenvalue weighted by molar-refractivity contribution is 0.222. The molecule has 0 bridgehead atoms. The van der Waals surface area contributed by atoms with Crippen LogP contribution in [0.25, 0.3) is 0 Å². The summed E-state index contributed by atoms with van der Waals surface area (Å²) in [7, 11) is 0. The lowest BCUT2D eigenvalue weighted by Crippen LogP contribution is -2.35. The molecule has 2 atom stereocenters. The number of halogens is 1. The van der Waals surface area contributed by atoms with Crippen molar-refractivity contribution >= 4 is 11.6 Å². The van der Waals surface area contributed by atoms with Gasteiger partial charge in [0.05, 0.1) is 0 Å². The predicted molar refractivity (Wildman–Crippen MR) is 71.9 cm³/mol. The van der Waals surface area contributed by atoms with Gasteiger partial charge in [0, 0.05) is 24.0 Å². The van der Waals surface area contributed by atoms with Crippen LogP contribution in [0.2, 0.25) is 5.02 Å². The fourth-order valence-corrected chi connectivity index (χ4v) is 2.26. The van der Waals surface area contributed by atoms with Crippen molar-refractivity contribution in [1.29, 1.82) is 0 Å². The molecular weight excluding hydrogens is 234 g/mol. The zero-order valence-corrected chi connectivity index (χ0v) is 10.8. The first-order valence-electron chi connectivity index (χ1n) is 5.98. The lowest BCUT2D eigenvalue weighted by atomic mass is 10.1. The van der Waals surface area contributed by atoms with Gasteiger partial charge in [-0.1, -0.05) is 17.7 Å². The Morgan fingerprint density at radius 2 is 2.47 bits per heavy atom. The fraction of sp³-hybridized carbons (Fsp3) is 0.429. The Labute approximate surface area is 108 Å². The van der Waals surface area contributed by atoms with Crippen molar-refractivity contribution in [3.63, 3.8) is 0 Å². The highest BCUT2D eigenvalue weighted by atomic mass is 35.5. The number of benzene rings is 1.